The normalized spacial score (nSPS) is 20.6. The molecule has 1 fully saturated rings. The zero-order valence-corrected chi connectivity index (χ0v) is 8.47. The quantitative estimate of drug-likeness (QED) is 0.741. The predicted octanol–water partition coefficient (Wildman–Crippen LogP) is 0.0399. The van der Waals surface area contributed by atoms with Gasteiger partial charge in [-0.2, -0.15) is 10.2 Å². The van der Waals surface area contributed by atoms with Crippen molar-refractivity contribution in [2.24, 2.45) is 5.73 Å². The van der Waals surface area contributed by atoms with Gasteiger partial charge in [0.2, 0.25) is 0 Å². The molecule has 1 amide bonds. The lowest BCUT2D eigenvalue weighted by Crippen LogP contribution is -2.39. The Morgan fingerprint density at radius 3 is 3.13 bits per heavy atom. The van der Waals surface area contributed by atoms with Gasteiger partial charge in [-0.1, -0.05) is 0 Å². The zero-order valence-electron chi connectivity index (χ0n) is 8.47. The lowest BCUT2D eigenvalue weighted by molar-refractivity contribution is 0.0740. The van der Waals surface area contributed by atoms with Crippen LogP contribution < -0.4 is 5.73 Å². The largest absolute Gasteiger partial charge is 0.334 e. The Balaban J connectivity index is 2.14. The van der Waals surface area contributed by atoms with E-state index in [4.69, 9.17) is 5.73 Å². The molecule has 5 heteroatoms. The Labute approximate surface area is 88.3 Å². The molecule has 1 aliphatic rings. The maximum Gasteiger partial charge on any atom is 0.255 e. The van der Waals surface area contributed by atoms with Crippen molar-refractivity contribution in [1.29, 1.82) is 0 Å². The van der Waals surface area contributed by atoms with E-state index in [1.807, 2.05) is 4.90 Å². The van der Waals surface area contributed by atoms with Gasteiger partial charge < -0.3 is 10.6 Å². The molecule has 2 rings (SSSR count). The van der Waals surface area contributed by atoms with Gasteiger partial charge in [0.25, 0.3) is 5.91 Å². The Morgan fingerprint density at radius 1 is 1.60 bits per heavy atom. The van der Waals surface area contributed by atoms with Crippen LogP contribution in [0.5, 0.6) is 0 Å². The molecule has 0 aromatic carbocycles. The molecule has 2 heterocycles. The van der Waals surface area contributed by atoms with Gasteiger partial charge >= 0.3 is 0 Å². The highest BCUT2D eigenvalue weighted by Crippen LogP contribution is 2.18. The third-order valence-electron chi connectivity index (χ3n) is 2.74. The SMILES string of the molecule is NCC1CCCN1C(=O)c1ccnnc1. The van der Waals surface area contributed by atoms with Crippen molar-refractivity contribution in [3.8, 4) is 0 Å². The lowest BCUT2D eigenvalue weighted by Gasteiger charge is -2.23. The van der Waals surface area contributed by atoms with Gasteiger partial charge in [-0.05, 0) is 18.9 Å². The predicted molar refractivity (Wildman–Crippen MR) is 55.1 cm³/mol. The number of nitrogens with two attached hydrogens (primary N) is 1. The first-order valence-electron chi connectivity index (χ1n) is 5.10. The van der Waals surface area contributed by atoms with Crippen LogP contribution >= 0.6 is 0 Å². The van der Waals surface area contributed by atoms with Crippen LogP contribution in [0.3, 0.4) is 0 Å². The number of carbonyl (C=O) groups is 1. The van der Waals surface area contributed by atoms with E-state index in [1.54, 1.807) is 6.07 Å². The summed E-state index contributed by atoms with van der Waals surface area (Å²) in [6, 6.07) is 1.87. The fourth-order valence-corrected chi connectivity index (χ4v) is 1.93. The molecule has 80 valence electrons. The fourth-order valence-electron chi connectivity index (χ4n) is 1.93. The van der Waals surface area contributed by atoms with Gasteiger partial charge in [-0.3, -0.25) is 4.79 Å². The Morgan fingerprint density at radius 2 is 2.47 bits per heavy atom. The highest BCUT2D eigenvalue weighted by Gasteiger charge is 2.28. The molecule has 1 atom stereocenters. The number of nitrogens with zero attached hydrogens (tertiary/aromatic N) is 3. The van der Waals surface area contributed by atoms with Gasteiger partial charge in [-0.15, -0.1) is 0 Å². The lowest BCUT2D eigenvalue weighted by atomic mass is 10.2. The molecule has 0 bridgehead atoms. The second kappa shape index (κ2) is 4.35. The van der Waals surface area contributed by atoms with E-state index in [1.165, 1.54) is 12.4 Å². The van der Waals surface area contributed by atoms with E-state index >= 15 is 0 Å². The van der Waals surface area contributed by atoms with Crippen molar-refractivity contribution in [2.45, 2.75) is 18.9 Å². The fraction of sp³-hybridized carbons (Fsp3) is 0.500. The van der Waals surface area contributed by atoms with E-state index in [9.17, 15) is 4.79 Å². The minimum atomic E-state index is 0.0119. The summed E-state index contributed by atoms with van der Waals surface area (Å²) in [7, 11) is 0. The number of hydrogen-bond acceptors (Lipinski definition) is 4. The Hall–Kier alpha value is -1.49. The van der Waals surface area contributed by atoms with Crippen LogP contribution in [0.2, 0.25) is 0 Å². The van der Waals surface area contributed by atoms with Crippen molar-refractivity contribution >= 4 is 5.91 Å². The number of rotatable bonds is 2. The van der Waals surface area contributed by atoms with Crippen LogP contribution in [0.25, 0.3) is 0 Å². The highest BCUT2D eigenvalue weighted by molar-refractivity contribution is 5.94. The Bertz CT molecular complexity index is 341. The Kier molecular flexibility index (Phi) is 2.91. The van der Waals surface area contributed by atoms with Crippen molar-refractivity contribution in [2.75, 3.05) is 13.1 Å². The summed E-state index contributed by atoms with van der Waals surface area (Å²) in [5, 5.41) is 7.35. The molecule has 1 saturated heterocycles. The number of amides is 1. The molecule has 0 radical (unpaired) electrons. The van der Waals surface area contributed by atoms with Crippen LogP contribution in [0.4, 0.5) is 0 Å². The molecule has 1 aliphatic heterocycles. The van der Waals surface area contributed by atoms with Gasteiger partial charge in [-0.25, -0.2) is 0 Å². The maximum atomic E-state index is 12.0. The monoisotopic (exact) mass is 206 g/mol. The van der Waals surface area contributed by atoms with E-state index < -0.39 is 0 Å². The van der Waals surface area contributed by atoms with Gasteiger partial charge in [0.15, 0.2) is 0 Å². The molecule has 1 aromatic heterocycles. The van der Waals surface area contributed by atoms with Crippen molar-refractivity contribution in [3.05, 3.63) is 24.0 Å². The average Bonchev–Trinajstić information content (AvgIpc) is 2.77. The van der Waals surface area contributed by atoms with Crippen molar-refractivity contribution < 1.29 is 4.79 Å². The van der Waals surface area contributed by atoms with Crippen molar-refractivity contribution in [3.63, 3.8) is 0 Å². The first-order valence-corrected chi connectivity index (χ1v) is 5.10. The van der Waals surface area contributed by atoms with Crippen molar-refractivity contribution in [1.82, 2.24) is 15.1 Å². The van der Waals surface area contributed by atoms with E-state index in [2.05, 4.69) is 10.2 Å². The zero-order chi connectivity index (χ0) is 10.7. The molecule has 0 saturated carbocycles. The van der Waals surface area contributed by atoms with Gasteiger partial charge in [0.1, 0.15) is 0 Å². The summed E-state index contributed by atoms with van der Waals surface area (Å²) >= 11 is 0. The standard InChI is InChI=1S/C10H14N4O/c11-6-9-2-1-5-14(9)10(15)8-3-4-12-13-7-8/h3-4,7,9H,1-2,5-6,11H2. The maximum absolute atomic E-state index is 12.0. The van der Waals surface area contributed by atoms with E-state index in [0.29, 0.717) is 12.1 Å². The molecular formula is C10H14N4O. The van der Waals surface area contributed by atoms with Crippen LogP contribution in [0, 0.1) is 0 Å². The molecule has 1 aromatic rings. The second-order valence-corrected chi connectivity index (χ2v) is 3.66. The minimum absolute atomic E-state index is 0.0119. The molecular weight excluding hydrogens is 192 g/mol. The average molecular weight is 206 g/mol. The third-order valence-corrected chi connectivity index (χ3v) is 2.74. The first-order chi connectivity index (χ1) is 7.33. The summed E-state index contributed by atoms with van der Waals surface area (Å²) in [4.78, 5) is 13.8. The smallest absolute Gasteiger partial charge is 0.255 e. The topological polar surface area (TPSA) is 72.1 Å². The number of hydrogen-bond donors (Lipinski definition) is 1. The number of likely N-dealkylation sites (tertiary alicyclic amines) is 1. The van der Waals surface area contributed by atoms with Gasteiger partial charge in [0.05, 0.1) is 18.0 Å². The summed E-state index contributed by atoms with van der Waals surface area (Å²) in [5.74, 6) is 0.0119. The third kappa shape index (κ3) is 1.97. The molecule has 1 unspecified atom stereocenters. The van der Waals surface area contributed by atoms with Crippen LogP contribution in [0.15, 0.2) is 18.5 Å². The molecule has 5 nitrogen and oxygen atoms in total. The minimum Gasteiger partial charge on any atom is -0.334 e. The summed E-state index contributed by atoms with van der Waals surface area (Å²) in [6.07, 6.45) is 5.06. The summed E-state index contributed by atoms with van der Waals surface area (Å²) < 4.78 is 0. The number of carbonyl (C=O) groups excluding carboxylic acids is 1. The molecule has 0 spiro atoms. The van der Waals surface area contributed by atoms with E-state index in [-0.39, 0.29) is 11.9 Å². The first kappa shape index (κ1) is 10.0. The summed E-state index contributed by atoms with van der Waals surface area (Å²) in [5.41, 5.74) is 6.21. The number of aromatic nitrogens is 2. The van der Waals surface area contributed by atoms with Gasteiger partial charge in [0, 0.05) is 19.1 Å². The molecule has 0 aliphatic carbocycles. The van der Waals surface area contributed by atoms with Crippen LogP contribution in [-0.2, 0) is 0 Å². The van der Waals surface area contributed by atoms with Crippen LogP contribution in [0.1, 0.15) is 23.2 Å². The summed E-state index contributed by atoms with van der Waals surface area (Å²) in [6.45, 7) is 1.33. The molecule has 15 heavy (non-hydrogen) atoms. The second-order valence-electron chi connectivity index (χ2n) is 3.66. The van der Waals surface area contributed by atoms with Crippen LogP contribution in [-0.4, -0.2) is 40.1 Å². The highest BCUT2D eigenvalue weighted by atomic mass is 16.2. The molecule has 2 N–H and O–H groups in total. The van der Waals surface area contributed by atoms with E-state index in [0.717, 1.165) is 19.4 Å².